The van der Waals surface area contributed by atoms with Gasteiger partial charge in [0.15, 0.2) is 5.75 Å². The summed E-state index contributed by atoms with van der Waals surface area (Å²) in [6, 6.07) is 25.9. The van der Waals surface area contributed by atoms with E-state index in [-0.39, 0.29) is 5.75 Å². The fourth-order valence-corrected chi connectivity index (χ4v) is 2.97. The highest BCUT2D eigenvalue weighted by Crippen LogP contribution is 2.39. The Bertz CT molecular complexity index is 949. The molecule has 0 bridgehead atoms. The van der Waals surface area contributed by atoms with Gasteiger partial charge in [-0.3, -0.25) is 5.11 Å². The van der Waals surface area contributed by atoms with E-state index in [9.17, 15) is 5.11 Å². The predicted octanol–water partition coefficient (Wildman–Crippen LogP) is 5.80. The van der Waals surface area contributed by atoms with Crippen molar-refractivity contribution in [1.82, 2.24) is 0 Å². The Labute approximate surface area is 123 Å². The monoisotopic (exact) mass is 269 g/mol. The third kappa shape index (κ3) is 1.86. The molecule has 0 N–H and O–H groups in total. The molecule has 0 aliphatic heterocycles. The van der Waals surface area contributed by atoms with E-state index >= 15 is 0 Å². The summed E-state index contributed by atoms with van der Waals surface area (Å²) in [4.78, 5) is 0. The lowest BCUT2D eigenvalue weighted by molar-refractivity contribution is 0.357. The standard InChI is InChI=1S/C20H13O/c21-19-13-12-15-7-2-4-10-17(15)20(19)18-11-5-8-14-6-1-3-9-16(14)18/h1-13H. The van der Waals surface area contributed by atoms with E-state index < -0.39 is 0 Å². The van der Waals surface area contributed by atoms with Crippen LogP contribution in [0.3, 0.4) is 0 Å². The molecule has 1 nitrogen and oxygen atoms in total. The zero-order valence-corrected chi connectivity index (χ0v) is 11.4. The van der Waals surface area contributed by atoms with Crippen molar-refractivity contribution in [3.63, 3.8) is 0 Å². The molecule has 0 aromatic heterocycles. The molecule has 4 rings (SSSR count). The molecule has 1 heteroatoms. The van der Waals surface area contributed by atoms with Crippen LogP contribution in [0.1, 0.15) is 0 Å². The molecule has 0 heterocycles. The Balaban J connectivity index is 2.16. The molecular weight excluding hydrogens is 256 g/mol. The van der Waals surface area contributed by atoms with Crippen LogP contribution in [0.25, 0.3) is 32.7 Å². The summed E-state index contributed by atoms with van der Waals surface area (Å²) in [6.07, 6.45) is 0. The minimum atomic E-state index is 0.0741. The number of hydrogen-bond donors (Lipinski definition) is 0. The first-order valence-corrected chi connectivity index (χ1v) is 7.01. The molecule has 0 saturated heterocycles. The van der Waals surface area contributed by atoms with Crippen molar-refractivity contribution >= 4 is 21.5 Å². The second kappa shape index (κ2) is 4.64. The van der Waals surface area contributed by atoms with E-state index in [0.29, 0.717) is 0 Å². The van der Waals surface area contributed by atoms with E-state index in [1.54, 1.807) is 6.07 Å². The lowest BCUT2D eigenvalue weighted by Crippen LogP contribution is -1.84. The van der Waals surface area contributed by atoms with Gasteiger partial charge in [-0.2, -0.15) is 0 Å². The van der Waals surface area contributed by atoms with Crippen molar-refractivity contribution < 1.29 is 5.11 Å². The van der Waals surface area contributed by atoms with Crippen molar-refractivity contribution in [2.24, 2.45) is 0 Å². The summed E-state index contributed by atoms with van der Waals surface area (Å²) >= 11 is 0. The van der Waals surface area contributed by atoms with Crippen LogP contribution < -0.4 is 0 Å². The first kappa shape index (κ1) is 12.0. The SMILES string of the molecule is [O]c1ccc2ccccc2c1-c1cccc2ccccc12. The van der Waals surface area contributed by atoms with Gasteiger partial charge in [-0.25, -0.2) is 0 Å². The van der Waals surface area contributed by atoms with E-state index in [1.807, 2.05) is 54.6 Å². The van der Waals surface area contributed by atoms with Crippen LogP contribution >= 0.6 is 0 Å². The second-order valence-electron chi connectivity index (χ2n) is 5.19. The normalized spacial score (nSPS) is 11.0. The number of rotatable bonds is 1. The lowest BCUT2D eigenvalue weighted by atomic mass is 9.93. The van der Waals surface area contributed by atoms with Gasteiger partial charge < -0.3 is 0 Å². The summed E-state index contributed by atoms with van der Waals surface area (Å²) in [6.45, 7) is 0. The van der Waals surface area contributed by atoms with Crippen LogP contribution in [0.15, 0.2) is 78.9 Å². The molecule has 0 fully saturated rings. The van der Waals surface area contributed by atoms with Gasteiger partial charge in [0.1, 0.15) is 0 Å². The van der Waals surface area contributed by atoms with E-state index in [0.717, 1.165) is 32.7 Å². The fourth-order valence-electron chi connectivity index (χ4n) is 2.97. The molecule has 0 amide bonds. The molecule has 0 saturated carbocycles. The molecule has 4 aromatic carbocycles. The number of fused-ring (bicyclic) bond motifs is 2. The maximum atomic E-state index is 12.5. The predicted molar refractivity (Wildman–Crippen MR) is 87.0 cm³/mol. The van der Waals surface area contributed by atoms with Crippen LogP contribution in [0.5, 0.6) is 5.75 Å². The number of hydrogen-bond acceptors (Lipinski definition) is 0. The van der Waals surface area contributed by atoms with Crippen LogP contribution in [-0.2, 0) is 5.11 Å². The van der Waals surface area contributed by atoms with Crippen LogP contribution in [-0.4, -0.2) is 0 Å². The molecule has 0 spiro atoms. The minimum absolute atomic E-state index is 0.0741. The van der Waals surface area contributed by atoms with Gasteiger partial charge in [-0.05, 0) is 33.2 Å². The Kier molecular flexibility index (Phi) is 2.65. The molecule has 4 aromatic rings. The minimum Gasteiger partial charge on any atom is -0.289 e. The molecule has 0 aliphatic rings. The van der Waals surface area contributed by atoms with Gasteiger partial charge in [0.05, 0.1) is 0 Å². The molecule has 1 radical (unpaired) electrons. The maximum absolute atomic E-state index is 12.5. The molecule has 0 unspecified atom stereocenters. The van der Waals surface area contributed by atoms with Gasteiger partial charge in [0, 0.05) is 5.56 Å². The highest BCUT2D eigenvalue weighted by molar-refractivity contribution is 6.07. The highest BCUT2D eigenvalue weighted by Gasteiger charge is 2.12. The fraction of sp³-hybridized carbons (Fsp3) is 0. The summed E-state index contributed by atoms with van der Waals surface area (Å²) in [5.74, 6) is 0.0741. The van der Waals surface area contributed by atoms with Crippen LogP contribution in [0, 0.1) is 0 Å². The smallest absolute Gasteiger partial charge is 0.187 e. The third-order valence-electron chi connectivity index (χ3n) is 3.95. The quantitative estimate of drug-likeness (QED) is 0.416. The highest BCUT2D eigenvalue weighted by atomic mass is 16.3. The Morgan fingerprint density at radius 2 is 1.14 bits per heavy atom. The van der Waals surface area contributed by atoms with Crippen molar-refractivity contribution in [3.05, 3.63) is 78.9 Å². The lowest BCUT2D eigenvalue weighted by Gasteiger charge is -2.11. The average molecular weight is 269 g/mol. The molecule has 99 valence electrons. The maximum Gasteiger partial charge on any atom is 0.187 e. The van der Waals surface area contributed by atoms with Crippen LogP contribution in [0.2, 0.25) is 0 Å². The number of benzene rings is 4. The summed E-state index contributed by atoms with van der Waals surface area (Å²) in [7, 11) is 0. The second-order valence-corrected chi connectivity index (χ2v) is 5.19. The molecule has 0 atom stereocenters. The van der Waals surface area contributed by atoms with Gasteiger partial charge in [-0.1, -0.05) is 72.8 Å². The van der Waals surface area contributed by atoms with Crippen molar-refractivity contribution in [1.29, 1.82) is 0 Å². The van der Waals surface area contributed by atoms with E-state index in [2.05, 4.69) is 18.2 Å². The first-order valence-electron chi connectivity index (χ1n) is 7.01. The summed E-state index contributed by atoms with van der Waals surface area (Å²) < 4.78 is 0. The van der Waals surface area contributed by atoms with Gasteiger partial charge >= 0.3 is 0 Å². The average Bonchev–Trinajstić information content (AvgIpc) is 2.54. The van der Waals surface area contributed by atoms with Crippen molar-refractivity contribution in [3.8, 4) is 16.9 Å². The first-order chi connectivity index (χ1) is 10.3. The topological polar surface area (TPSA) is 19.9 Å². The zero-order chi connectivity index (χ0) is 14.2. The van der Waals surface area contributed by atoms with Gasteiger partial charge in [0.25, 0.3) is 0 Å². The van der Waals surface area contributed by atoms with Crippen molar-refractivity contribution in [2.45, 2.75) is 0 Å². The summed E-state index contributed by atoms with van der Waals surface area (Å²) in [5, 5.41) is 16.9. The third-order valence-corrected chi connectivity index (χ3v) is 3.95. The molecule has 0 aliphatic carbocycles. The Morgan fingerprint density at radius 3 is 1.95 bits per heavy atom. The zero-order valence-electron chi connectivity index (χ0n) is 11.4. The van der Waals surface area contributed by atoms with Crippen molar-refractivity contribution in [2.75, 3.05) is 0 Å². The summed E-state index contributed by atoms with van der Waals surface area (Å²) in [5.41, 5.74) is 1.81. The van der Waals surface area contributed by atoms with Gasteiger partial charge in [-0.15, -0.1) is 0 Å². The van der Waals surface area contributed by atoms with E-state index in [1.165, 1.54) is 0 Å². The molecular formula is C20H13O. The van der Waals surface area contributed by atoms with Crippen LogP contribution in [0.4, 0.5) is 0 Å². The Hall–Kier alpha value is -2.80. The van der Waals surface area contributed by atoms with Gasteiger partial charge in [0.2, 0.25) is 0 Å². The Morgan fingerprint density at radius 1 is 0.524 bits per heavy atom. The largest absolute Gasteiger partial charge is 0.289 e. The molecule has 21 heavy (non-hydrogen) atoms. The van der Waals surface area contributed by atoms with E-state index in [4.69, 9.17) is 0 Å².